The zero-order chi connectivity index (χ0) is 47.6. The maximum Gasteiger partial charge on any atom is 0.325 e. The predicted octanol–water partition coefficient (Wildman–Crippen LogP) is 0.477. The molecule has 63 heavy (non-hydrogen) atoms. The van der Waals surface area contributed by atoms with E-state index in [0.29, 0.717) is 18.3 Å². The number of hydrogen-bond acceptors (Lipinski definition) is 14. The van der Waals surface area contributed by atoms with Crippen molar-refractivity contribution in [3.63, 3.8) is 0 Å². The lowest BCUT2D eigenvalue weighted by molar-refractivity contribution is -0.328. The van der Waals surface area contributed by atoms with Gasteiger partial charge in [0.05, 0.1) is 19.2 Å². The number of hydrogen-bond donors (Lipinski definition) is 6. The van der Waals surface area contributed by atoms with Crippen molar-refractivity contribution in [3.05, 3.63) is 11.6 Å². The van der Waals surface area contributed by atoms with Gasteiger partial charge in [-0.1, -0.05) is 54.0 Å². The Morgan fingerprint density at radius 1 is 0.984 bits per heavy atom. The molecule has 0 radical (unpaired) electrons. The number of ether oxygens (including phenoxy) is 3. The molecule has 0 aromatic heterocycles. The summed E-state index contributed by atoms with van der Waals surface area (Å²) < 4.78 is 17.8. The number of cyclic esters (lactones) is 1. The second-order valence-corrected chi connectivity index (χ2v) is 18.3. The fourth-order valence-electron chi connectivity index (χ4n) is 8.34. The summed E-state index contributed by atoms with van der Waals surface area (Å²) in [5.74, 6) is -8.78. The van der Waals surface area contributed by atoms with Crippen molar-refractivity contribution < 1.29 is 63.2 Å². The van der Waals surface area contributed by atoms with Crippen LogP contribution in [0.1, 0.15) is 100 Å². The number of nitrogens with zero attached hydrogens (tertiary/aromatic N) is 4. The number of aliphatic hydroxyl groups is 2. The minimum Gasteiger partial charge on any atom is -0.458 e. The molecule has 358 valence electrons. The van der Waals surface area contributed by atoms with Crippen LogP contribution in [-0.4, -0.2) is 172 Å². The van der Waals surface area contributed by atoms with Crippen LogP contribution in [-0.2, 0) is 47.8 Å². The summed E-state index contributed by atoms with van der Waals surface area (Å²) in [5, 5.41) is 40.9. The monoisotopic (exact) mass is 896 g/mol. The van der Waals surface area contributed by atoms with Crippen molar-refractivity contribution in [2.75, 3.05) is 53.9 Å². The van der Waals surface area contributed by atoms with E-state index < -0.39 is 115 Å². The first-order valence-electron chi connectivity index (χ1n) is 22.0. The Bertz CT molecular complexity index is 1680. The average Bonchev–Trinajstić information content (AvgIpc) is 3.22. The molecule has 1 unspecified atom stereocenters. The Labute approximate surface area is 371 Å². The predicted molar refractivity (Wildman–Crippen MR) is 228 cm³/mol. The molecule has 3 rings (SSSR count). The van der Waals surface area contributed by atoms with Gasteiger partial charge in [-0.15, -0.1) is 0 Å². The van der Waals surface area contributed by atoms with E-state index in [1.807, 2.05) is 13.0 Å². The van der Waals surface area contributed by atoms with Gasteiger partial charge in [-0.25, -0.2) is 10.5 Å². The fourth-order valence-corrected chi connectivity index (χ4v) is 8.34. The van der Waals surface area contributed by atoms with Crippen molar-refractivity contribution >= 4 is 41.4 Å². The van der Waals surface area contributed by atoms with Gasteiger partial charge in [-0.05, 0) is 75.2 Å². The highest BCUT2D eigenvalue weighted by molar-refractivity contribution is 5.96. The molecule has 3 aliphatic rings. The Morgan fingerprint density at radius 2 is 1.63 bits per heavy atom. The van der Waals surface area contributed by atoms with Crippen LogP contribution < -0.4 is 16.1 Å². The highest BCUT2D eigenvalue weighted by Crippen LogP contribution is 2.39. The van der Waals surface area contributed by atoms with Crippen molar-refractivity contribution in [1.82, 2.24) is 35.9 Å². The van der Waals surface area contributed by atoms with Gasteiger partial charge in [0.1, 0.15) is 37.4 Å². The number of fused-ring (bicyclic) bond motifs is 1. The van der Waals surface area contributed by atoms with Gasteiger partial charge >= 0.3 is 5.97 Å². The zero-order valence-electron chi connectivity index (χ0n) is 39.0. The van der Waals surface area contributed by atoms with Crippen LogP contribution in [0.4, 0.5) is 0 Å². The van der Waals surface area contributed by atoms with E-state index in [-0.39, 0.29) is 36.8 Å². The maximum atomic E-state index is 14.8. The maximum absolute atomic E-state index is 14.8. The number of methoxy groups -OCH3 is 1. The van der Waals surface area contributed by atoms with Crippen molar-refractivity contribution in [3.8, 4) is 0 Å². The van der Waals surface area contributed by atoms with Crippen molar-refractivity contribution in [2.45, 2.75) is 142 Å². The molecule has 3 fully saturated rings. The van der Waals surface area contributed by atoms with E-state index in [0.717, 1.165) is 46.6 Å². The molecular formula is C43H73N7O13. The van der Waals surface area contributed by atoms with E-state index in [2.05, 4.69) is 43.8 Å². The molecule has 6 amide bonds. The third kappa shape index (κ3) is 13.9. The first-order chi connectivity index (χ1) is 29.4. The van der Waals surface area contributed by atoms with Gasteiger partial charge in [-0.3, -0.25) is 43.8 Å². The summed E-state index contributed by atoms with van der Waals surface area (Å²) in [7, 11) is 4.03. The molecule has 0 saturated carbocycles. The Balaban J connectivity index is 2.04. The number of likely N-dealkylation sites (N-methyl/N-ethyl adjacent to an activating group) is 2. The molecule has 3 saturated heterocycles. The molecule has 3 heterocycles. The number of carbonyl (C=O) groups is 7. The Morgan fingerprint density at radius 3 is 2.25 bits per heavy atom. The molecule has 0 aromatic rings. The second kappa shape index (κ2) is 23.1. The number of hydrazine groups is 1. The van der Waals surface area contributed by atoms with Crippen LogP contribution in [0.3, 0.4) is 0 Å². The van der Waals surface area contributed by atoms with E-state index in [1.165, 1.54) is 21.2 Å². The quantitative estimate of drug-likeness (QED) is 0.0886. The van der Waals surface area contributed by atoms with Crippen LogP contribution >= 0.6 is 0 Å². The van der Waals surface area contributed by atoms with Crippen LogP contribution in [0.25, 0.3) is 0 Å². The smallest absolute Gasteiger partial charge is 0.325 e. The number of rotatable bonds is 12. The zero-order valence-corrected chi connectivity index (χ0v) is 39.0. The van der Waals surface area contributed by atoms with Gasteiger partial charge < -0.3 is 44.9 Å². The molecule has 0 aromatic carbocycles. The van der Waals surface area contributed by atoms with Crippen LogP contribution in [0.5, 0.6) is 0 Å². The summed E-state index contributed by atoms with van der Waals surface area (Å²) in [4.78, 5) is 96.7. The summed E-state index contributed by atoms with van der Waals surface area (Å²) in [6.07, 6.45) is 2.43. The van der Waals surface area contributed by atoms with Gasteiger partial charge in [-0.2, -0.15) is 0 Å². The standard InChI is InChI=1S/C43H73N7O13/c1-12-26(4)18-27(5)19-28(6)20-29(7)38-31(61-11)15-16-43(59,63-38)42(8,58)41(57)46-36-37(25(2)3)62-35(54)24-48(10)33(52)21-44-32(51)22-47(9)34(53)23-49(60)39(55)30-14-13-17-45-50(30)40(36)56/h20,25-28,30-31,36-38,45,58-60H,12-19,21-24H2,1-11H3,(H,44,51)(H,46,57)/b29-20+/t26-,27+,28+,30-,31+,36+,37+,38-,42+,43?/m1/s1. The molecule has 0 spiro atoms. The molecule has 20 nitrogen and oxygen atoms in total. The summed E-state index contributed by atoms with van der Waals surface area (Å²) in [6, 6.07) is -3.30. The van der Waals surface area contributed by atoms with Crippen molar-refractivity contribution in [1.29, 1.82) is 0 Å². The Kier molecular flexibility index (Phi) is 19.5. The summed E-state index contributed by atoms with van der Waals surface area (Å²) in [6.45, 7) is 12.3. The minimum absolute atomic E-state index is 0.00357. The SMILES string of the molecule is CC[C@@H](C)C[C@H](C)C[C@H](C)/C=C(\C)[C@H]1OC(O)([C@@](C)(O)C(=O)N[C@@H]2C(=O)N3NCCC[C@@H]3C(=O)N(O)CC(=O)N(C)CC(=O)NCC(=O)N(C)CC(=O)O[C@H]2C(C)C)CC[C@@H]1OC. The Hall–Kier alpha value is -4.21. The molecule has 3 aliphatic heterocycles. The van der Waals surface area contributed by atoms with E-state index in [4.69, 9.17) is 14.2 Å². The number of carbonyl (C=O) groups excluding carboxylic acids is 7. The molecule has 0 aliphatic carbocycles. The molecule has 20 heteroatoms. The summed E-state index contributed by atoms with van der Waals surface area (Å²) >= 11 is 0. The average molecular weight is 896 g/mol. The van der Waals surface area contributed by atoms with E-state index in [1.54, 1.807) is 13.8 Å². The molecular weight excluding hydrogens is 823 g/mol. The lowest BCUT2D eigenvalue weighted by Gasteiger charge is -2.48. The van der Waals surface area contributed by atoms with E-state index >= 15 is 0 Å². The second-order valence-electron chi connectivity index (χ2n) is 18.3. The largest absolute Gasteiger partial charge is 0.458 e. The first-order valence-corrected chi connectivity index (χ1v) is 22.0. The lowest BCUT2D eigenvalue weighted by atomic mass is 9.83. The lowest BCUT2D eigenvalue weighted by Crippen LogP contribution is -2.70. The molecule has 0 bridgehead atoms. The molecule has 6 N–H and O–H groups in total. The molecule has 10 atom stereocenters. The van der Waals surface area contributed by atoms with Gasteiger partial charge in [0, 0.05) is 34.2 Å². The number of amides is 6. The van der Waals surface area contributed by atoms with Gasteiger partial charge in [0.15, 0.2) is 5.60 Å². The van der Waals surface area contributed by atoms with Crippen molar-refractivity contribution in [2.24, 2.45) is 23.7 Å². The number of allylic oxidation sites excluding steroid dienone is 1. The number of hydroxylamine groups is 2. The van der Waals surface area contributed by atoms with Crippen LogP contribution in [0.15, 0.2) is 11.6 Å². The minimum atomic E-state index is -2.76. The van der Waals surface area contributed by atoms with Gasteiger partial charge in [0.25, 0.3) is 17.7 Å². The fraction of sp³-hybridized carbons (Fsp3) is 0.791. The summed E-state index contributed by atoms with van der Waals surface area (Å²) in [5.41, 5.74) is 0.787. The first kappa shape index (κ1) is 53.1. The highest BCUT2D eigenvalue weighted by atomic mass is 16.7. The third-order valence-electron chi connectivity index (χ3n) is 12.4. The van der Waals surface area contributed by atoms with E-state index in [9.17, 15) is 49.0 Å². The number of nitrogens with one attached hydrogen (secondary N) is 3. The van der Waals surface area contributed by atoms with Crippen LogP contribution in [0, 0.1) is 23.7 Å². The topological polar surface area (TPSA) is 257 Å². The normalized spacial score (nSPS) is 29.4. The highest BCUT2D eigenvalue weighted by Gasteiger charge is 2.58. The van der Waals surface area contributed by atoms with Gasteiger partial charge in [0.2, 0.25) is 23.5 Å². The van der Waals surface area contributed by atoms with Crippen LogP contribution in [0.2, 0.25) is 0 Å². The number of esters is 1. The third-order valence-corrected chi connectivity index (χ3v) is 12.4.